The summed E-state index contributed by atoms with van der Waals surface area (Å²) < 4.78 is 5.06. The molecule has 25 heavy (non-hydrogen) atoms. The van der Waals surface area contributed by atoms with Gasteiger partial charge in [-0.2, -0.15) is 10.4 Å². The monoisotopic (exact) mass is 336 g/mol. The van der Waals surface area contributed by atoms with E-state index in [1.165, 1.54) is 0 Å². The van der Waals surface area contributed by atoms with E-state index in [2.05, 4.69) is 15.8 Å². The van der Waals surface area contributed by atoms with Gasteiger partial charge in [-0.3, -0.25) is 15.6 Å². The van der Waals surface area contributed by atoms with Crippen molar-refractivity contribution in [2.24, 2.45) is 10.8 Å². The zero-order valence-corrected chi connectivity index (χ0v) is 13.4. The molecule has 0 saturated carbocycles. The summed E-state index contributed by atoms with van der Waals surface area (Å²) in [7, 11) is 1.57. The number of hydrogen-bond acceptors (Lipinski definition) is 6. The Kier molecular flexibility index (Phi) is 5.68. The number of benzene rings is 2. The van der Waals surface area contributed by atoms with Crippen LogP contribution in [-0.4, -0.2) is 24.6 Å². The van der Waals surface area contributed by atoms with E-state index >= 15 is 0 Å². The van der Waals surface area contributed by atoms with Crippen LogP contribution in [0, 0.1) is 16.7 Å². The molecule has 1 amide bonds. The van der Waals surface area contributed by atoms with Gasteiger partial charge in [-0.15, -0.1) is 0 Å². The SMILES string of the molecule is COc1ccc(NC(=O)c2ccc(N/N=C(\C#N)C(=N)N)cc2)cc1. The van der Waals surface area contributed by atoms with Crippen molar-refractivity contribution in [1.29, 1.82) is 10.7 Å². The van der Waals surface area contributed by atoms with Crippen LogP contribution in [0.15, 0.2) is 53.6 Å². The van der Waals surface area contributed by atoms with Gasteiger partial charge >= 0.3 is 0 Å². The predicted octanol–water partition coefficient (Wildman–Crippen LogP) is 2.17. The first-order chi connectivity index (χ1) is 12.0. The lowest BCUT2D eigenvalue weighted by atomic mass is 10.2. The summed E-state index contributed by atoms with van der Waals surface area (Å²) in [5.41, 5.74) is 9.24. The van der Waals surface area contributed by atoms with Gasteiger partial charge in [0, 0.05) is 11.3 Å². The first-order valence-corrected chi connectivity index (χ1v) is 7.17. The Morgan fingerprint density at radius 2 is 1.76 bits per heavy atom. The number of amides is 1. The van der Waals surface area contributed by atoms with Gasteiger partial charge < -0.3 is 15.8 Å². The van der Waals surface area contributed by atoms with Crippen LogP contribution >= 0.6 is 0 Å². The van der Waals surface area contributed by atoms with E-state index in [0.717, 1.165) is 0 Å². The molecule has 126 valence electrons. The maximum atomic E-state index is 12.2. The minimum atomic E-state index is -0.425. The van der Waals surface area contributed by atoms with E-state index in [1.807, 2.05) is 0 Å². The molecule has 0 fully saturated rings. The minimum Gasteiger partial charge on any atom is -0.497 e. The van der Waals surface area contributed by atoms with Gasteiger partial charge in [0.05, 0.1) is 12.8 Å². The summed E-state index contributed by atoms with van der Waals surface area (Å²) in [5, 5.41) is 22.4. The van der Waals surface area contributed by atoms with Crippen LogP contribution < -0.4 is 21.2 Å². The Morgan fingerprint density at radius 3 is 2.28 bits per heavy atom. The number of hydrogen-bond donors (Lipinski definition) is 4. The molecule has 0 aliphatic carbocycles. The van der Waals surface area contributed by atoms with Gasteiger partial charge in [-0.25, -0.2) is 0 Å². The normalized spacial score (nSPS) is 10.5. The molecule has 0 saturated heterocycles. The molecular formula is C17H16N6O2. The number of rotatable bonds is 6. The number of anilines is 2. The molecule has 2 aromatic rings. The molecule has 8 nitrogen and oxygen atoms in total. The summed E-state index contributed by atoms with van der Waals surface area (Å²) >= 11 is 0. The van der Waals surface area contributed by atoms with E-state index in [4.69, 9.17) is 21.1 Å². The number of nitriles is 1. The third-order valence-corrected chi connectivity index (χ3v) is 3.15. The Bertz CT molecular complexity index is 835. The van der Waals surface area contributed by atoms with Crippen LogP contribution in [0.2, 0.25) is 0 Å². The Hall–Kier alpha value is -3.86. The van der Waals surface area contributed by atoms with Crippen molar-refractivity contribution in [1.82, 2.24) is 0 Å². The summed E-state index contributed by atoms with van der Waals surface area (Å²) in [6.45, 7) is 0. The number of nitrogens with two attached hydrogens (primary N) is 1. The second-order valence-electron chi connectivity index (χ2n) is 4.86. The largest absolute Gasteiger partial charge is 0.497 e. The maximum absolute atomic E-state index is 12.2. The number of ether oxygens (including phenoxy) is 1. The number of methoxy groups -OCH3 is 1. The minimum absolute atomic E-state index is 0.221. The van der Waals surface area contributed by atoms with Crippen LogP contribution in [0.3, 0.4) is 0 Å². The molecule has 0 atom stereocenters. The van der Waals surface area contributed by atoms with E-state index in [1.54, 1.807) is 61.7 Å². The molecule has 0 spiro atoms. The molecule has 0 aliphatic heterocycles. The lowest BCUT2D eigenvalue weighted by Crippen LogP contribution is -2.21. The van der Waals surface area contributed by atoms with Crippen molar-refractivity contribution in [2.45, 2.75) is 0 Å². The Balaban J connectivity index is 2.02. The molecule has 0 unspecified atom stereocenters. The van der Waals surface area contributed by atoms with Crippen molar-refractivity contribution >= 4 is 28.8 Å². The topological polar surface area (TPSA) is 136 Å². The first-order valence-electron chi connectivity index (χ1n) is 7.17. The average Bonchev–Trinajstić information content (AvgIpc) is 2.63. The van der Waals surface area contributed by atoms with Crippen LogP contribution in [0.4, 0.5) is 11.4 Å². The fourth-order valence-corrected chi connectivity index (χ4v) is 1.84. The molecule has 0 aliphatic rings. The van der Waals surface area contributed by atoms with Crippen LogP contribution in [0.1, 0.15) is 10.4 Å². The quantitative estimate of drug-likeness (QED) is 0.364. The van der Waals surface area contributed by atoms with Crippen molar-refractivity contribution in [3.05, 3.63) is 54.1 Å². The maximum Gasteiger partial charge on any atom is 0.255 e. The van der Waals surface area contributed by atoms with E-state index in [0.29, 0.717) is 22.7 Å². The molecule has 0 bridgehead atoms. The fraction of sp³-hybridized carbons (Fsp3) is 0.0588. The molecule has 2 aromatic carbocycles. The van der Waals surface area contributed by atoms with Crippen LogP contribution in [-0.2, 0) is 0 Å². The molecule has 5 N–H and O–H groups in total. The number of hydrazone groups is 1. The van der Waals surface area contributed by atoms with Gasteiger partial charge in [0.25, 0.3) is 5.91 Å². The van der Waals surface area contributed by atoms with Gasteiger partial charge in [-0.05, 0) is 48.5 Å². The van der Waals surface area contributed by atoms with Gasteiger partial charge in [0.1, 0.15) is 11.8 Å². The standard InChI is InChI=1S/C17H16N6O2/c1-25-14-8-6-12(7-9-14)21-17(24)11-2-4-13(5-3-11)22-23-15(10-18)16(19)20/h2-9,22H,1H3,(H3,19,20)(H,21,24)/b23-15+. The number of nitrogens with one attached hydrogen (secondary N) is 3. The smallest absolute Gasteiger partial charge is 0.255 e. The van der Waals surface area contributed by atoms with Crippen molar-refractivity contribution in [3.8, 4) is 11.8 Å². The van der Waals surface area contributed by atoms with E-state index < -0.39 is 5.84 Å². The third kappa shape index (κ3) is 4.80. The average molecular weight is 336 g/mol. The third-order valence-electron chi connectivity index (χ3n) is 3.15. The Morgan fingerprint density at radius 1 is 1.16 bits per heavy atom. The number of nitrogens with zero attached hydrogens (tertiary/aromatic N) is 2. The second kappa shape index (κ2) is 8.12. The van der Waals surface area contributed by atoms with Crippen molar-refractivity contribution < 1.29 is 9.53 Å². The second-order valence-corrected chi connectivity index (χ2v) is 4.86. The zero-order valence-electron chi connectivity index (χ0n) is 13.4. The zero-order chi connectivity index (χ0) is 18.2. The highest BCUT2D eigenvalue weighted by Crippen LogP contribution is 2.16. The molecule has 2 rings (SSSR count). The van der Waals surface area contributed by atoms with Crippen LogP contribution in [0.25, 0.3) is 0 Å². The van der Waals surface area contributed by atoms with E-state index in [9.17, 15) is 4.79 Å². The van der Waals surface area contributed by atoms with Crippen LogP contribution in [0.5, 0.6) is 5.75 Å². The van der Waals surface area contributed by atoms with Gasteiger partial charge in [0.2, 0.25) is 5.71 Å². The number of carbonyl (C=O) groups is 1. The van der Waals surface area contributed by atoms with E-state index in [-0.39, 0.29) is 11.6 Å². The lowest BCUT2D eigenvalue weighted by molar-refractivity contribution is 0.102. The highest BCUT2D eigenvalue weighted by atomic mass is 16.5. The summed E-state index contributed by atoms with van der Waals surface area (Å²) in [6.07, 6.45) is 0. The summed E-state index contributed by atoms with van der Waals surface area (Å²) in [4.78, 5) is 12.2. The van der Waals surface area contributed by atoms with Crippen molar-refractivity contribution in [3.63, 3.8) is 0 Å². The Labute approximate surface area is 144 Å². The predicted molar refractivity (Wildman–Crippen MR) is 96.0 cm³/mol. The number of carbonyl (C=O) groups excluding carboxylic acids is 1. The molecule has 8 heteroatoms. The molecule has 0 radical (unpaired) electrons. The number of amidine groups is 1. The van der Waals surface area contributed by atoms with Crippen molar-refractivity contribution in [2.75, 3.05) is 17.9 Å². The molecular weight excluding hydrogens is 320 g/mol. The van der Waals surface area contributed by atoms with Gasteiger partial charge in [0.15, 0.2) is 5.84 Å². The first kappa shape index (κ1) is 17.5. The lowest BCUT2D eigenvalue weighted by Gasteiger charge is -2.07. The summed E-state index contributed by atoms with van der Waals surface area (Å²) in [5.74, 6) is 0.0171. The summed E-state index contributed by atoms with van der Waals surface area (Å²) in [6, 6.07) is 15.2. The highest BCUT2D eigenvalue weighted by molar-refractivity contribution is 6.45. The highest BCUT2D eigenvalue weighted by Gasteiger charge is 2.06. The molecule has 0 heterocycles. The fourth-order valence-electron chi connectivity index (χ4n) is 1.84. The molecule has 0 aromatic heterocycles. The van der Waals surface area contributed by atoms with Gasteiger partial charge in [-0.1, -0.05) is 0 Å².